The first-order valence-corrected chi connectivity index (χ1v) is 16.3. The van der Waals surface area contributed by atoms with Crippen LogP contribution >= 0.6 is 0 Å². The maximum Gasteiger partial charge on any atom is 0.264 e. The monoisotopic (exact) mass is 663 g/mol. The van der Waals surface area contributed by atoms with Crippen molar-refractivity contribution in [1.82, 2.24) is 10.2 Å². The fraction of sp³-hybridized carbons (Fsp3) is 0.257. The summed E-state index contributed by atoms with van der Waals surface area (Å²) in [5.74, 6) is -0.611. The number of hydrogen-bond donors (Lipinski definition) is 1. The van der Waals surface area contributed by atoms with Gasteiger partial charge < -0.3 is 24.4 Å². The molecule has 10 nitrogen and oxygen atoms in total. The molecule has 0 saturated heterocycles. The van der Waals surface area contributed by atoms with Crippen LogP contribution in [0.2, 0.25) is 0 Å². The first-order chi connectivity index (χ1) is 22.6. The van der Waals surface area contributed by atoms with Crippen LogP contribution in [-0.4, -0.2) is 65.6 Å². The number of rotatable bonds is 15. The lowest BCUT2D eigenvalue weighted by molar-refractivity contribution is -0.140. The maximum atomic E-state index is 14.5. The normalized spacial score (nSPS) is 11.7. The van der Waals surface area contributed by atoms with Gasteiger partial charge in [-0.15, -0.1) is 0 Å². The molecule has 0 spiro atoms. The standard InChI is InChI=1S/C35H38FN3O7S/c1-5-37-35(41)31(21-25-10-7-6-8-11-25)38(23-26-12-9-13-29(20-26)44-2)34(40)24-39(28-16-14-27(36)15-17-28)47(42,43)30-18-19-32(45-3)33(22-30)46-4/h6-20,22,31H,5,21,23-24H2,1-4H3,(H,37,41)/t31-/m0/s1. The van der Waals surface area contributed by atoms with Gasteiger partial charge in [-0.1, -0.05) is 42.5 Å². The van der Waals surface area contributed by atoms with E-state index in [2.05, 4.69) is 5.32 Å². The fourth-order valence-corrected chi connectivity index (χ4v) is 6.48. The van der Waals surface area contributed by atoms with E-state index in [1.54, 1.807) is 31.2 Å². The Morgan fingerprint density at radius 2 is 1.49 bits per heavy atom. The van der Waals surface area contributed by atoms with Gasteiger partial charge in [-0.05, 0) is 66.6 Å². The van der Waals surface area contributed by atoms with Gasteiger partial charge >= 0.3 is 0 Å². The quantitative estimate of drug-likeness (QED) is 0.194. The number of ether oxygens (including phenoxy) is 3. The number of hydrogen-bond acceptors (Lipinski definition) is 7. The zero-order chi connectivity index (χ0) is 34.0. The molecule has 0 aliphatic rings. The van der Waals surface area contributed by atoms with Crippen LogP contribution in [0.15, 0.2) is 102 Å². The van der Waals surface area contributed by atoms with E-state index in [9.17, 15) is 22.4 Å². The van der Waals surface area contributed by atoms with E-state index in [0.717, 1.165) is 22.0 Å². The van der Waals surface area contributed by atoms with Gasteiger partial charge in [-0.2, -0.15) is 0 Å². The van der Waals surface area contributed by atoms with Gasteiger partial charge in [0.25, 0.3) is 10.0 Å². The molecular weight excluding hydrogens is 625 g/mol. The number of nitrogens with zero attached hydrogens (tertiary/aromatic N) is 2. The largest absolute Gasteiger partial charge is 0.497 e. The van der Waals surface area contributed by atoms with Crippen molar-refractivity contribution in [3.05, 3.63) is 114 Å². The molecule has 0 fully saturated rings. The highest BCUT2D eigenvalue weighted by molar-refractivity contribution is 7.92. The van der Waals surface area contributed by atoms with Crippen LogP contribution in [0.25, 0.3) is 0 Å². The lowest BCUT2D eigenvalue weighted by atomic mass is 10.0. The number of sulfonamides is 1. The van der Waals surface area contributed by atoms with Crippen molar-refractivity contribution in [3.8, 4) is 17.2 Å². The Bertz CT molecular complexity index is 1770. The third-order valence-corrected chi connectivity index (χ3v) is 9.22. The van der Waals surface area contributed by atoms with Crippen LogP contribution in [0.1, 0.15) is 18.1 Å². The summed E-state index contributed by atoms with van der Waals surface area (Å²) < 4.78 is 59.4. The molecular formula is C35H38FN3O7S. The molecule has 4 rings (SSSR count). The van der Waals surface area contributed by atoms with Gasteiger partial charge in [0.2, 0.25) is 11.8 Å². The van der Waals surface area contributed by atoms with E-state index in [1.807, 2.05) is 30.3 Å². The molecule has 0 radical (unpaired) electrons. The lowest BCUT2D eigenvalue weighted by Crippen LogP contribution is -2.53. The van der Waals surface area contributed by atoms with E-state index >= 15 is 0 Å². The van der Waals surface area contributed by atoms with Gasteiger partial charge in [-0.3, -0.25) is 13.9 Å². The number of nitrogens with one attached hydrogen (secondary N) is 1. The van der Waals surface area contributed by atoms with Gasteiger partial charge in [0.05, 0.1) is 31.9 Å². The number of likely N-dealkylation sites (N-methyl/N-ethyl adjacent to an activating group) is 1. The van der Waals surface area contributed by atoms with E-state index < -0.39 is 40.2 Å². The van der Waals surface area contributed by atoms with Gasteiger partial charge in [-0.25, -0.2) is 12.8 Å². The van der Waals surface area contributed by atoms with Crippen molar-refractivity contribution < 1.29 is 36.6 Å². The van der Waals surface area contributed by atoms with E-state index in [1.165, 1.54) is 56.6 Å². The minimum atomic E-state index is -4.44. The second-order valence-electron chi connectivity index (χ2n) is 10.5. The van der Waals surface area contributed by atoms with Crippen molar-refractivity contribution in [1.29, 1.82) is 0 Å². The second-order valence-corrected chi connectivity index (χ2v) is 12.3. The summed E-state index contributed by atoms with van der Waals surface area (Å²) in [6, 6.07) is 24.1. The van der Waals surface area contributed by atoms with Crippen molar-refractivity contribution in [2.45, 2.75) is 30.8 Å². The predicted molar refractivity (Wildman–Crippen MR) is 177 cm³/mol. The maximum absolute atomic E-state index is 14.5. The molecule has 12 heteroatoms. The molecule has 47 heavy (non-hydrogen) atoms. The summed E-state index contributed by atoms with van der Waals surface area (Å²) in [6.45, 7) is 1.37. The molecule has 1 N–H and O–H groups in total. The Balaban J connectivity index is 1.82. The predicted octanol–water partition coefficient (Wildman–Crippen LogP) is 4.82. The molecule has 4 aromatic carbocycles. The lowest BCUT2D eigenvalue weighted by Gasteiger charge is -2.34. The van der Waals surface area contributed by atoms with Crippen LogP contribution in [0.5, 0.6) is 17.2 Å². The van der Waals surface area contributed by atoms with Crippen LogP contribution in [0, 0.1) is 5.82 Å². The van der Waals surface area contributed by atoms with Crippen molar-refractivity contribution in [2.24, 2.45) is 0 Å². The molecule has 0 saturated carbocycles. The Morgan fingerprint density at radius 1 is 0.809 bits per heavy atom. The summed E-state index contributed by atoms with van der Waals surface area (Å²) >= 11 is 0. The van der Waals surface area contributed by atoms with Gasteiger partial charge in [0, 0.05) is 25.6 Å². The highest BCUT2D eigenvalue weighted by Gasteiger charge is 2.35. The third kappa shape index (κ3) is 8.59. The SMILES string of the molecule is CCNC(=O)[C@H](Cc1ccccc1)N(Cc1cccc(OC)c1)C(=O)CN(c1ccc(F)cc1)S(=O)(=O)c1ccc(OC)c(OC)c1. The average molecular weight is 664 g/mol. The van der Waals surface area contributed by atoms with Crippen molar-refractivity contribution >= 4 is 27.5 Å². The summed E-state index contributed by atoms with van der Waals surface area (Å²) in [5.41, 5.74) is 1.52. The number of methoxy groups -OCH3 is 3. The summed E-state index contributed by atoms with van der Waals surface area (Å²) in [7, 11) is -0.123. The Kier molecular flexibility index (Phi) is 11.8. The molecule has 0 aliphatic heterocycles. The zero-order valence-electron chi connectivity index (χ0n) is 26.7. The summed E-state index contributed by atoms with van der Waals surface area (Å²) in [6.07, 6.45) is 0.168. The van der Waals surface area contributed by atoms with Crippen LogP contribution in [0.4, 0.5) is 10.1 Å². The van der Waals surface area contributed by atoms with Crippen molar-refractivity contribution in [3.63, 3.8) is 0 Å². The van der Waals surface area contributed by atoms with Gasteiger partial charge in [0.15, 0.2) is 11.5 Å². The van der Waals surface area contributed by atoms with Crippen LogP contribution in [-0.2, 0) is 32.6 Å². The number of halogens is 1. The smallest absolute Gasteiger partial charge is 0.264 e. The Morgan fingerprint density at radius 3 is 2.13 bits per heavy atom. The highest BCUT2D eigenvalue weighted by Crippen LogP contribution is 2.32. The zero-order valence-corrected chi connectivity index (χ0v) is 27.5. The van der Waals surface area contributed by atoms with Crippen LogP contribution in [0.3, 0.4) is 0 Å². The topological polar surface area (TPSA) is 114 Å². The van der Waals surface area contributed by atoms with Crippen LogP contribution < -0.4 is 23.8 Å². The number of amides is 2. The Hall–Kier alpha value is -5.10. The average Bonchev–Trinajstić information content (AvgIpc) is 3.09. The van der Waals surface area contributed by atoms with E-state index in [0.29, 0.717) is 23.6 Å². The third-order valence-electron chi connectivity index (χ3n) is 7.45. The molecule has 0 aromatic heterocycles. The number of anilines is 1. The summed E-state index contributed by atoms with van der Waals surface area (Å²) in [4.78, 5) is 29.3. The first-order valence-electron chi connectivity index (χ1n) is 14.9. The highest BCUT2D eigenvalue weighted by atomic mass is 32.2. The Labute approximate surface area is 274 Å². The minimum absolute atomic E-state index is 0.0294. The fourth-order valence-electron chi connectivity index (χ4n) is 5.05. The number of benzene rings is 4. The molecule has 0 aliphatic carbocycles. The van der Waals surface area contributed by atoms with E-state index in [-0.39, 0.29) is 29.3 Å². The number of carbonyl (C=O) groups excluding carboxylic acids is 2. The first kappa shape index (κ1) is 34.8. The van der Waals surface area contributed by atoms with E-state index in [4.69, 9.17) is 14.2 Å². The summed E-state index contributed by atoms with van der Waals surface area (Å²) in [5, 5.41) is 2.82. The molecule has 0 unspecified atom stereocenters. The molecule has 0 bridgehead atoms. The second kappa shape index (κ2) is 15.9. The minimum Gasteiger partial charge on any atom is -0.497 e. The van der Waals surface area contributed by atoms with Gasteiger partial charge in [0.1, 0.15) is 24.2 Å². The molecule has 248 valence electrons. The molecule has 4 aromatic rings. The molecule has 1 atom stereocenters. The molecule has 2 amide bonds. The molecule has 0 heterocycles. The number of carbonyl (C=O) groups is 2. The van der Waals surface area contributed by atoms with Crippen molar-refractivity contribution in [2.75, 3.05) is 38.7 Å².